The van der Waals surface area contributed by atoms with E-state index in [1.165, 1.54) is 16.7 Å². The minimum atomic E-state index is -0.154. The van der Waals surface area contributed by atoms with Crippen LogP contribution >= 0.6 is 0 Å². The van der Waals surface area contributed by atoms with Crippen molar-refractivity contribution in [1.29, 1.82) is 0 Å². The fourth-order valence-electron chi connectivity index (χ4n) is 2.60. The number of hydrogen-bond donors (Lipinski definition) is 0. The molecule has 0 radical (unpaired) electrons. The molecule has 1 aliphatic rings. The molecule has 3 heteroatoms. The van der Waals surface area contributed by atoms with Gasteiger partial charge in [-0.25, -0.2) is 0 Å². The Hall–Kier alpha value is -1.61. The third-order valence-electron chi connectivity index (χ3n) is 3.90. The maximum absolute atomic E-state index is 12.2. The van der Waals surface area contributed by atoms with Crippen LogP contribution in [0.4, 0.5) is 0 Å². The van der Waals surface area contributed by atoms with E-state index >= 15 is 0 Å². The van der Waals surface area contributed by atoms with Crippen LogP contribution in [0.1, 0.15) is 32.8 Å². The Morgan fingerprint density at radius 1 is 1.25 bits per heavy atom. The van der Waals surface area contributed by atoms with E-state index in [-0.39, 0.29) is 12.0 Å². The lowest BCUT2D eigenvalue weighted by Crippen LogP contribution is -2.45. The molecule has 1 aromatic rings. The molecule has 0 N–H and O–H groups in total. The van der Waals surface area contributed by atoms with Gasteiger partial charge in [-0.05, 0) is 32.8 Å². The summed E-state index contributed by atoms with van der Waals surface area (Å²) in [7, 11) is 0. The molecule has 0 spiro atoms. The van der Waals surface area contributed by atoms with Gasteiger partial charge in [0.15, 0.2) is 0 Å². The van der Waals surface area contributed by atoms with E-state index in [1.54, 1.807) is 0 Å². The third kappa shape index (κ3) is 3.48. The Bertz CT molecular complexity index is 493. The molecule has 0 fully saturated rings. The van der Waals surface area contributed by atoms with Gasteiger partial charge in [0, 0.05) is 13.1 Å². The summed E-state index contributed by atoms with van der Waals surface area (Å²) in [5.41, 5.74) is 3.91. The van der Waals surface area contributed by atoms with E-state index in [0.29, 0.717) is 6.61 Å². The van der Waals surface area contributed by atoms with E-state index in [0.717, 1.165) is 19.5 Å². The summed E-state index contributed by atoms with van der Waals surface area (Å²) in [6.45, 7) is 8.18. The largest absolute Gasteiger partial charge is 0.465 e. The van der Waals surface area contributed by atoms with Crippen molar-refractivity contribution in [2.24, 2.45) is 0 Å². The van der Waals surface area contributed by atoms with Crippen LogP contribution in [0.3, 0.4) is 0 Å². The number of carbonyl (C=O) groups is 1. The topological polar surface area (TPSA) is 29.5 Å². The molecule has 0 unspecified atom stereocenters. The number of carbonyl (C=O) groups excluding carboxylic acids is 1. The predicted octanol–water partition coefficient (Wildman–Crippen LogP) is 3.16. The first-order valence-electron chi connectivity index (χ1n) is 7.21. The van der Waals surface area contributed by atoms with Crippen LogP contribution in [0.25, 0.3) is 0 Å². The first-order valence-corrected chi connectivity index (χ1v) is 7.21. The minimum Gasteiger partial charge on any atom is -0.465 e. The Morgan fingerprint density at radius 2 is 1.95 bits per heavy atom. The Morgan fingerprint density at radius 3 is 2.60 bits per heavy atom. The van der Waals surface area contributed by atoms with Gasteiger partial charge in [0.05, 0.1) is 6.61 Å². The first-order chi connectivity index (χ1) is 9.61. The molecular weight excluding hydrogens is 250 g/mol. The Kier molecular flexibility index (Phi) is 4.96. The summed E-state index contributed by atoms with van der Waals surface area (Å²) < 4.78 is 5.23. The van der Waals surface area contributed by atoms with Crippen LogP contribution in [0, 0.1) is 0 Å². The third-order valence-corrected chi connectivity index (χ3v) is 3.90. The summed E-state index contributed by atoms with van der Waals surface area (Å²) in [6, 6.07) is 10.1. The zero-order valence-corrected chi connectivity index (χ0v) is 12.6. The summed E-state index contributed by atoms with van der Waals surface area (Å²) in [6.07, 6.45) is 0.775. The number of ether oxygens (including phenoxy) is 1. The maximum atomic E-state index is 12.2. The number of rotatable bonds is 4. The lowest BCUT2D eigenvalue weighted by Gasteiger charge is -2.35. The van der Waals surface area contributed by atoms with Crippen molar-refractivity contribution in [3.05, 3.63) is 47.0 Å². The van der Waals surface area contributed by atoms with Gasteiger partial charge in [-0.1, -0.05) is 41.5 Å². The van der Waals surface area contributed by atoms with Crippen LogP contribution < -0.4 is 0 Å². The summed E-state index contributed by atoms with van der Waals surface area (Å²) in [5, 5.41) is 0. The molecule has 20 heavy (non-hydrogen) atoms. The smallest absolute Gasteiger partial charge is 0.323 e. The molecule has 2 rings (SSSR count). The van der Waals surface area contributed by atoms with Gasteiger partial charge in [0.2, 0.25) is 0 Å². The van der Waals surface area contributed by atoms with Gasteiger partial charge in [-0.15, -0.1) is 0 Å². The van der Waals surface area contributed by atoms with E-state index in [9.17, 15) is 4.79 Å². The number of nitrogens with zero attached hydrogens (tertiary/aromatic N) is 1. The summed E-state index contributed by atoms with van der Waals surface area (Å²) in [4.78, 5) is 14.4. The first kappa shape index (κ1) is 14.8. The van der Waals surface area contributed by atoms with Gasteiger partial charge in [0.1, 0.15) is 6.04 Å². The number of benzene rings is 1. The average Bonchev–Trinajstić information content (AvgIpc) is 2.44. The van der Waals surface area contributed by atoms with E-state index in [1.807, 2.05) is 25.1 Å². The molecule has 1 aliphatic heterocycles. The monoisotopic (exact) mass is 273 g/mol. The highest BCUT2D eigenvalue weighted by molar-refractivity contribution is 5.76. The lowest BCUT2D eigenvalue weighted by atomic mass is 9.95. The second kappa shape index (κ2) is 6.71. The lowest BCUT2D eigenvalue weighted by molar-refractivity contribution is -0.150. The molecule has 1 atom stereocenters. The van der Waals surface area contributed by atoms with Crippen molar-refractivity contribution in [2.45, 2.75) is 39.8 Å². The molecule has 1 heterocycles. The van der Waals surface area contributed by atoms with Gasteiger partial charge in [-0.2, -0.15) is 0 Å². The second-order valence-electron chi connectivity index (χ2n) is 5.42. The molecule has 0 saturated carbocycles. The Labute approximate surface area is 121 Å². The number of esters is 1. The highest BCUT2D eigenvalue weighted by Gasteiger charge is 2.31. The van der Waals surface area contributed by atoms with Gasteiger partial charge in [-0.3, -0.25) is 9.69 Å². The highest BCUT2D eigenvalue weighted by Crippen LogP contribution is 2.25. The minimum absolute atomic E-state index is 0.102. The SMILES string of the molecule is CCOC(=O)[C@@H]1CC(C)=C(C)CN1Cc1ccccc1. The van der Waals surface area contributed by atoms with Crippen LogP contribution in [0.15, 0.2) is 41.5 Å². The van der Waals surface area contributed by atoms with E-state index < -0.39 is 0 Å². The van der Waals surface area contributed by atoms with Crippen molar-refractivity contribution in [1.82, 2.24) is 4.90 Å². The average molecular weight is 273 g/mol. The van der Waals surface area contributed by atoms with Crippen molar-refractivity contribution < 1.29 is 9.53 Å². The molecule has 0 aliphatic carbocycles. The zero-order valence-electron chi connectivity index (χ0n) is 12.6. The maximum Gasteiger partial charge on any atom is 0.323 e. The molecule has 3 nitrogen and oxygen atoms in total. The molecule has 0 amide bonds. The van der Waals surface area contributed by atoms with Crippen molar-refractivity contribution >= 4 is 5.97 Å². The van der Waals surface area contributed by atoms with Crippen molar-refractivity contribution in [2.75, 3.05) is 13.2 Å². The van der Waals surface area contributed by atoms with Crippen molar-refractivity contribution in [3.8, 4) is 0 Å². The summed E-state index contributed by atoms with van der Waals surface area (Å²) in [5.74, 6) is -0.102. The molecule has 0 aromatic heterocycles. The van der Waals surface area contributed by atoms with E-state index in [4.69, 9.17) is 4.74 Å². The Balaban J connectivity index is 2.16. The van der Waals surface area contributed by atoms with Gasteiger partial charge < -0.3 is 4.74 Å². The van der Waals surface area contributed by atoms with Gasteiger partial charge in [0.25, 0.3) is 0 Å². The van der Waals surface area contributed by atoms with Crippen LogP contribution in [-0.2, 0) is 16.1 Å². The zero-order chi connectivity index (χ0) is 14.5. The molecule has 0 bridgehead atoms. The summed E-state index contributed by atoms with van der Waals surface area (Å²) >= 11 is 0. The molecule has 0 saturated heterocycles. The van der Waals surface area contributed by atoms with E-state index in [2.05, 4.69) is 30.9 Å². The van der Waals surface area contributed by atoms with Crippen molar-refractivity contribution in [3.63, 3.8) is 0 Å². The standard InChI is InChI=1S/C17H23NO2/c1-4-20-17(19)16-10-13(2)14(3)11-18(16)12-15-8-6-5-7-9-15/h5-9,16H,4,10-12H2,1-3H3/t16-/m0/s1. The van der Waals surface area contributed by atoms with Crippen LogP contribution in [-0.4, -0.2) is 30.1 Å². The molecule has 1 aromatic carbocycles. The van der Waals surface area contributed by atoms with Gasteiger partial charge >= 0.3 is 5.97 Å². The highest BCUT2D eigenvalue weighted by atomic mass is 16.5. The number of hydrogen-bond acceptors (Lipinski definition) is 3. The van der Waals surface area contributed by atoms with Crippen LogP contribution in [0.2, 0.25) is 0 Å². The fraction of sp³-hybridized carbons (Fsp3) is 0.471. The molecular formula is C17H23NO2. The fourth-order valence-corrected chi connectivity index (χ4v) is 2.60. The second-order valence-corrected chi connectivity index (χ2v) is 5.42. The normalized spacial score (nSPS) is 20.1. The predicted molar refractivity (Wildman–Crippen MR) is 80.3 cm³/mol. The molecule has 108 valence electrons. The van der Waals surface area contributed by atoms with Crippen LogP contribution in [0.5, 0.6) is 0 Å². The quantitative estimate of drug-likeness (QED) is 0.623.